The standard InChI is InChI=1S/C17H28O5/c1-12-6-5-9-17(4,21)13(2)22-15(19)8-11-16(3,20)10-7-14(12)18/h6-7,10,13-14,18,20-21H,5,8-9,11H2,1-4H3/b10-7+,12-6-/t13-,14+,16-,17-/m1/s1. The molecule has 0 saturated heterocycles. The van der Waals surface area contributed by atoms with E-state index in [1.807, 2.05) is 6.08 Å². The van der Waals surface area contributed by atoms with Crippen molar-refractivity contribution in [3.05, 3.63) is 23.8 Å². The highest BCUT2D eigenvalue weighted by molar-refractivity contribution is 5.69. The molecule has 0 bridgehead atoms. The predicted octanol–water partition coefficient (Wildman–Crippen LogP) is 1.86. The van der Waals surface area contributed by atoms with Gasteiger partial charge in [-0.3, -0.25) is 4.79 Å². The average molecular weight is 312 g/mol. The smallest absolute Gasteiger partial charge is 0.306 e. The molecule has 1 aliphatic heterocycles. The molecule has 1 heterocycles. The maximum atomic E-state index is 11.8. The molecule has 0 fully saturated rings. The van der Waals surface area contributed by atoms with Crippen LogP contribution in [0.25, 0.3) is 0 Å². The van der Waals surface area contributed by atoms with Crippen LogP contribution in [0.1, 0.15) is 53.4 Å². The van der Waals surface area contributed by atoms with Crippen LogP contribution in [-0.4, -0.2) is 44.7 Å². The van der Waals surface area contributed by atoms with Gasteiger partial charge in [0, 0.05) is 6.42 Å². The Kier molecular flexibility index (Phi) is 6.35. The minimum Gasteiger partial charge on any atom is -0.460 e. The summed E-state index contributed by atoms with van der Waals surface area (Å²) < 4.78 is 5.26. The van der Waals surface area contributed by atoms with E-state index in [9.17, 15) is 20.1 Å². The summed E-state index contributed by atoms with van der Waals surface area (Å²) in [6.07, 6.45) is 4.66. The third-order valence-corrected chi connectivity index (χ3v) is 4.24. The first kappa shape index (κ1) is 18.9. The predicted molar refractivity (Wildman–Crippen MR) is 84.2 cm³/mol. The van der Waals surface area contributed by atoms with Gasteiger partial charge in [0.2, 0.25) is 0 Å². The maximum Gasteiger partial charge on any atom is 0.306 e. The summed E-state index contributed by atoms with van der Waals surface area (Å²) in [5.41, 5.74) is -1.58. The number of aliphatic hydroxyl groups is 3. The van der Waals surface area contributed by atoms with E-state index in [1.54, 1.807) is 27.7 Å². The SMILES string of the molecule is C/C1=C/CC[C@@](C)(O)[C@@H](C)OC(=O)CC[C@](C)(O)/C=C/[C@@H]1O. The minimum absolute atomic E-state index is 0.0443. The monoisotopic (exact) mass is 312 g/mol. The maximum absolute atomic E-state index is 11.8. The molecule has 0 aromatic heterocycles. The van der Waals surface area contributed by atoms with E-state index in [0.29, 0.717) is 12.8 Å². The first-order valence-electron chi connectivity index (χ1n) is 7.72. The number of carbonyl (C=O) groups is 1. The van der Waals surface area contributed by atoms with Gasteiger partial charge in [0.05, 0.1) is 17.3 Å². The lowest BCUT2D eigenvalue weighted by atomic mass is 9.92. The van der Waals surface area contributed by atoms with Crippen LogP contribution in [0.4, 0.5) is 0 Å². The minimum atomic E-state index is -1.20. The van der Waals surface area contributed by atoms with Crippen molar-refractivity contribution in [2.45, 2.75) is 76.8 Å². The molecular weight excluding hydrogens is 284 g/mol. The fraction of sp³-hybridized carbons (Fsp3) is 0.706. The number of esters is 1. The largest absolute Gasteiger partial charge is 0.460 e. The van der Waals surface area contributed by atoms with Crippen LogP contribution < -0.4 is 0 Å². The normalized spacial score (nSPS) is 42.7. The van der Waals surface area contributed by atoms with Gasteiger partial charge >= 0.3 is 5.97 Å². The Bertz CT molecular complexity index is 448. The van der Waals surface area contributed by atoms with Crippen molar-refractivity contribution in [1.29, 1.82) is 0 Å². The molecule has 3 N–H and O–H groups in total. The first-order chi connectivity index (χ1) is 10.0. The van der Waals surface area contributed by atoms with Gasteiger partial charge in [-0.15, -0.1) is 0 Å². The molecule has 0 spiro atoms. The van der Waals surface area contributed by atoms with E-state index in [-0.39, 0.29) is 12.8 Å². The van der Waals surface area contributed by atoms with Gasteiger partial charge in [0.15, 0.2) is 0 Å². The van der Waals surface area contributed by atoms with Gasteiger partial charge in [-0.1, -0.05) is 18.2 Å². The van der Waals surface area contributed by atoms with Crippen LogP contribution in [0, 0.1) is 0 Å². The van der Waals surface area contributed by atoms with E-state index in [1.165, 1.54) is 12.2 Å². The molecule has 126 valence electrons. The zero-order valence-corrected chi connectivity index (χ0v) is 13.9. The third kappa shape index (κ3) is 5.91. The summed E-state index contributed by atoms with van der Waals surface area (Å²) >= 11 is 0. The Balaban J connectivity index is 2.97. The van der Waals surface area contributed by atoms with Crippen molar-refractivity contribution >= 4 is 5.97 Å². The summed E-state index contributed by atoms with van der Waals surface area (Å²) in [5.74, 6) is -0.453. The molecule has 22 heavy (non-hydrogen) atoms. The topological polar surface area (TPSA) is 87.0 Å². The van der Waals surface area contributed by atoms with Crippen LogP contribution in [0.2, 0.25) is 0 Å². The number of carbonyl (C=O) groups excluding carboxylic acids is 1. The van der Waals surface area contributed by atoms with E-state index in [2.05, 4.69) is 0 Å². The number of allylic oxidation sites excluding steroid dienone is 1. The summed E-state index contributed by atoms with van der Waals surface area (Å²) in [4.78, 5) is 11.8. The van der Waals surface area contributed by atoms with Gasteiger partial charge in [0.25, 0.3) is 0 Å². The summed E-state index contributed by atoms with van der Waals surface area (Å²) in [6.45, 7) is 6.67. The van der Waals surface area contributed by atoms with Crippen LogP contribution in [-0.2, 0) is 9.53 Å². The van der Waals surface area contributed by atoms with Crippen molar-refractivity contribution in [2.24, 2.45) is 0 Å². The van der Waals surface area contributed by atoms with Gasteiger partial charge in [-0.2, -0.15) is 0 Å². The Morgan fingerprint density at radius 2 is 1.91 bits per heavy atom. The first-order valence-corrected chi connectivity index (χ1v) is 7.72. The van der Waals surface area contributed by atoms with E-state index in [4.69, 9.17) is 4.74 Å². The lowest BCUT2D eigenvalue weighted by molar-refractivity contribution is -0.163. The van der Waals surface area contributed by atoms with Crippen molar-refractivity contribution in [1.82, 2.24) is 0 Å². The summed E-state index contributed by atoms with van der Waals surface area (Å²) in [7, 11) is 0. The Labute approximate surface area is 132 Å². The molecule has 0 aromatic carbocycles. The second-order valence-electron chi connectivity index (χ2n) is 6.64. The molecule has 1 aliphatic rings. The fourth-order valence-electron chi connectivity index (χ4n) is 2.19. The lowest BCUT2D eigenvalue weighted by Crippen LogP contribution is -2.40. The van der Waals surface area contributed by atoms with E-state index < -0.39 is 29.4 Å². The number of hydrogen-bond acceptors (Lipinski definition) is 5. The summed E-state index contributed by atoms with van der Waals surface area (Å²) in [5, 5.41) is 30.6. The van der Waals surface area contributed by atoms with Crippen LogP contribution >= 0.6 is 0 Å². The molecule has 0 unspecified atom stereocenters. The highest BCUT2D eigenvalue weighted by atomic mass is 16.6. The third-order valence-electron chi connectivity index (χ3n) is 4.24. The quantitative estimate of drug-likeness (QED) is 0.469. The van der Waals surface area contributed by atoms with Gasteiger partial charge in [-0.05, 0) is 52.5 Å². The number of aliphatic hydroxyl groups excluding tert-OH is 1. The van der Waals surface area contributed by atoms with Crippen molar-refractivity contribution in [3.63, 3.8) is 0 Å². The molecule has 0 radical (unpaired) electrons. The zero-order valence-electron chi connectivity index (χ0n) is 13.9. The van der Waals surface area contributed by atoms with Crippen LogP contribution in [0.5, 0.6) is 0 Å². The van der Waals surface area contributed by atoms with Gasteiger partial charge in [-0.25, -0.2) is 0 Å². The number of rotatable bonds is 0. The highest BCUT2D eigenvalue weighted by Crippen LogP contribution is 2.23. The van der Waals surface area contributed by atoms with E-state index in [0.717, 1.165) is 5.57 Å². The second-order valence-corrected chi connectivity index (χ2v) is 6.64. The van der Waals surface area contributed by atoms with Gasteiger partial charge < -0.3 is 20.1 Å². The lowest BCUT2D eigenvalue weighted by Gasteiger charge is -2.30. The Hall–Kier alpha value is -1.17. The molecule has 0 aromatic rings. The zero-order chi connectivity index (χ0) is 17.0. The number of hydrogen-bond donors (Lipinski definition) is 3. The molecule has 5 heteroatoms. The molecule has 0 aliphatic carbocycles. The van der Waals surface area contributed by atoms with E-state index >= 15 is 0 Å². The Morgan fingerprint density at radius 1 is 1.27 bits per heavy atom. The van der Waals surface area contributed by atoms with Crippen molar-refractivity contribution in [2.75, 3.05) is 0 Å². The summed E-state index contributed by atoms with van der Waals surface area (Å²) in [6, 6.07) is 0. The van der Waals surface area contributed by atoms with Gasteiger partial charge in [0.1, 0.15) is 6.10 Å². The molecule has 5 nitrogen and oxygen atoms in total. The molecule has 4 atom stereocenters. The molecule has 0 amide bonds. The van der Waals surface area contributed by atoms with Crippen LogP contribution in [0.15, 0.2) is 23.8 Å². The average Bonchev–Trinajstić information content (AvgIpc) is 2.41. The Morgan fingerprint density at radius 3 is 2.55 bits per heavy atom. The number of cyclic esters (lactones) is 1. The molecular formula is C17H28O5. The molecule has 0 saturated carbocycles. The highest BCUT2D eigenvalue weighted by Gasteiger charge is 2.31. The number of ether oxygens (including phenoxy) is 1. The van der Waals surface area contributed by atoms with Crippen LogP contribution in [0.3, 0.4) is 0 Å². The molecule has 1 rings (SSSR count). The van der Waals surface area contributed by atoms with Crippen molar-refractivity contribution in [3.8, 4) is 0 Å². The second kappa shape index (κ2) is 7.40. The van der Waals surface area contributed by atoms with Crippen molar-refractivity contribution < 1.29 is 24.9 Å². The fourth-order valence-corrected chi connectivity index (χ4v) is 2.19.